The molecule has 2 amide bonds. The molecule has 0 unspecified atom stereocenters. The molecule has 0 aliphatic heterocycles. The number of para-hydroxylation sites is 1. The van der Waals surface area contributed by atoms with Gasteiger partial charge in [0.2, 0.25) is 5.91 Å². The second kappa shape index (κ2) is 8.15. The summed E-state index contributed by atoms with van der Waals surface area (Å²) in [6, 6.07) is 20.6. The Morgan fingerprint density at radius 1 is 0.862 bits per heavy atom. The monoisotopic (exact) mass is 409 g/mol. The lowest BCUT2D eigenvalue weighted by Crippen LogP contribution is -2.29. The molecule has 0 aliphatic rings. The third-order valence-corrected chi connectivity index (χ3v) is 6.16. The third kappa shape index (κ3) is 4.27. The minimum absolute atomic E-state index is 0.00857. The number of anilines is 2. The van der Waals surface area contributed by atoms with Crippen molar-refractivity contribution >= 4 is 33.2 Å². The molecule has 0 saturated carbocycles. The van der Waals surface area contributed by atoms with Crippen molar-refractivity contribution in [2.75, 3.05) is 16.7 Å². The first-order valence-corrected chi connectivity index (χ1v) is 10.1. The number of amides is 2. The van der Waals surface area contributed by atoms with Crippen LogP contribution >= 0.6 is 0 Å². The molecule has 3 rings (SSSR count). The smallest absolute Gasteiger partial charge is 0.264 e. The molecular weight excluding hydrogens is 390 g/mol. The van der Waals surface area contributed by atoms with E-state index >= 15 is 0 Å². The van der Waals surface area contributed by atoms with E-state index in [0.29, 0.717) is 16.9 Å². The van der Waals surface area contributed by atoms with Gasteiger partial charge in [-0.2, -0.15) is 0 Å². The minimum atomic E-state index is -3.97. The molecule has 0 spiro atoms. The molecule has 3 aromatic carbocycles. The fraction of sp³-hybridized carbons (Fsp3) is 0.0476. The van der Waals surface area contributed by atoms with Crippen molar-refractivity contribution in [3.8, 4) is 0 Å². The maximum Gasteiger partial charge on any atom is 0.264 e. The SMILES string of the molecule is CN(c1ccccc1)S(=O)(=O)c1ccccc1C(=O)Nc1ccc(C(N)=O)cc1. The zero-order chi connectivity index (χ0) is 21.0. The first-order valence-electron chi connectivity index (χ1n) is 8.65. The van der Waals surface area contributed by atoms with Gasteiger partial charge in [-0.1, -0.05) is 30.3 Å². The number of rotatable bonds is 6. The van der Waals surface area contributed by atoms with E-state index in [2.05, 4.69) is 5.32 Å². The van der Waals surface area contributed by atoms with Gasteiger partial charge in [0.1, 0.15) is 4.90 Å². The summed E-state index contributed by atoms with van der Waals surface area (Å²) in [5.74, 6) is -1.17. The summed E-state index contributed by atoms with van der Waals surface area (Å²) < 4.78 is 27.4. The second-order valence-electron chi connectivity index (χ2n) is 6.20. The highest BCUT2D eigenvalue weighted by atomic mass is 32.2. The molecule has 0 fully saturated rings. The Bertz CT molecular complexity index is 1140. The average molecular weight is 409 g/mol. The molecule has 29 heavy (non-hydrogen) atoms. The zero-order valence-electron chi connectivity index (χ0n) is 15.6. The molecular formula is C21H19N3O4S. The van der Waals surface area contributed by atoms with Crippen molar-refractivity contribution in [3.63, 3.8) is 0 Å². The van der Waals surface area contributed by atoms with Gasteiger partial charge in [0.05, 0.1) is 11.3 Å². The lowest BCUT2D eigenvalue weighted by molar-refractivity contribution is 0.0998. The van der Waals surface area contributed by atoms with Crippen molar-refractivity contribution in [1.29, 1.82) is 0 Å². The van der Waals surface area contributed by atoms with Gasteiger partial charge in [0.15, 0.2) is 0 Å². The molecule has 0 aromatic heterocycles. The van der Waals surface area contributed by atoms with Gasteiger partial charge in [-0.05, 0) is 48.5 Å². The van der Waals surface area contributed by atoms with Crippen LogP contribution in [0.1, 0.15) is 20.7 Å². The first-order chi connectivity index (χ1) is 13.8. The number of nitrogens with two attached hydrogens (primary N) is 1. The maximum absolute atomic E-state index is 13.1. The van der Waals surface area contributed by atoms with Gasteiger partial charge in [0, 0.05) is 18.3 Å². The average Bonchev–Trinajstić information content (AvgIpc) is 2.74. The number of hydrogen-bond donors (Lipinski definition) is 2. The molecule has 0 heterocycles. The Kier molecular flexibility index (Phi) is 5.65. The van der Waals surface area contributed by atoms with Crippen LogP contribution in [-0.4, -0.2) is 27.3 Å². The van der Waals surface area contributed by atoms with Crippen molar-refractivity contribution in [3.05, 3.63) is 90.0 Å². The van der Waals surface area contributed by atoms with E-state index in [1.165, 1.54) is 43.4 Å². The van der Waals surface area contributed by atoms with Crippen LogP contribution in [0.4, 0.5) is 11.4 Å². The van der Waals surface area contributed by atoms with Crippen molar-refractivity contribution in [2.45, 2.75) is 4.90 Å². The normalized spacial score (nSPS) is 10.9. The third-order valence-electron chi connectivity index (χ3n) is 4.32. The summed E-state index contributed by atoms with van der Waals surface area (Å²) in [5, 5.41) is 2.64. The summed E-state index contributed by atoms with van der Waals surface area (Å²) in [6.07, 6.45) is 0. The van der Waals surface area contributed by atoms with E-state index in [1.807, 2.05) is 0 Å². The summed E-state index contributed by atoms with van der Waals surface area (Å²) in [7, 11) is -2.53. The number of benzene rings is 3. The molecule has 3 N–H and O–H groups in total. The molecule has 0 atom stereocenters. The van der Waals surface area contributed by atoms with Crippen LogP contribution in [0.3, 0.4) is 0 Å². The molecule has 8 heteroatoms. The molecule has 7 nitrogen and oxygen atoms in total. The molecule has 148 valence electrons. The predicted molar refractivity (Wildman–Crippen MR) is 111 cm³/mol. The number of nitrogens with zero attached hydrogens (tertiary/aromatic N) is 1. The van der Waals surface area contributed by atoms with E-state index in [9.17, 15) is 18.0 Å². The van der Waals surface area contributed by atoms with Crippen molar-refractivity contribution in [2.24, 2.45) is 5.73 Å². The Labute approximate surface area is 168 Å². The van der Waals surface area contributed by atoms with E-state index in [-0.39, 0.29) is 10.5 Å². The number of nitrogens with one attached hydrogen (secondary N) is 1. The van der Waals surface area contributed by atoms with Crippen LogP contribution in [0.15, 0.2) is 83.8 Å². The Morgan fingerprint density at radius 2 is 1.45 bits per heavy atom. The lowest BCUT2D eigenvalue weighted by Gasteiger charge is -2.21. The van der Waals surface area contributed by atoms with Crippen LogP contribution in [0.25, 0.3) is 0 Å². The second-order valence-corrected chi connectivity index (χ2v) is 8.14. The maximum atomic E-state index is 13.1. The van der Waals surface area contributed by atoms with Crippen LogP contribution in [0.2, 0.25) is 0 Å². The lowest BCUT2D eigenvalue weighted by atomic mass is 10.1. The van der Waals surface area contributed by atoms with Crippen LogP contribution in [0, 0.1) is 0 Å². The van der Waals surface area contributed by atoms with Gasteiger partial charge >= 0.3 is 0 Å². The molecule has 0 saturated heterocycles. The standard InChI is InChI=1S/C21H19N3O4S/c1-24(17-7-3-2-4-8-17)29(27,28)19-10-6-5-9-18(19)21(26)23-16-13-11-15(12-14-16)20(22)25/h2-14H,1H3,(H2,22,25)(H,23,26). The highest BCUT2D eigenvalue weighted by molar-refractivity contribution is 7.92. The van der Waals surface area contributed by atoms with Crippen molar-refractivity contribution in [1.82, 2.24) is 0 Å². The summed E-state index contributed by atoms with van der Waals surface area (Å²) in [6.45, 7) is 0. The number of carbonyl (C=O) groups excluding carboxylic acids is 2. The number of sulfonamides is 1. The van der Waals surface area contributed by atoms with Gasteiger partial charge in [-0.15, -0.1) is 0 Å². The summed E-state index contributed by atoms with van der Waals surface area (Å²) in [5.41, 5.74) is 6.40. The van der Waals surface area contributed by atoms with Crippen LogP contribution in [-0.2, 0) is 10.0 Å². The quantitative estimate of drug-likeness (QED) is 0.652. The van der Waals surface area contributed by atoms with E-state index in [1.54, 1.807) is 42.5 Å². The highest BCUT2D eigenvalue weighted by Crippen LogP contribution is 2.25. The van der Waals surface area contributed by atoms with Gasteiger partial charge < -0.3 is 11.1 Å². The molecule has 0 radical (unpaired) electrons. The molecule has 3 aromatic rings. The molecule has 0 aliphatic carbocycles. The molecule has 0 bridgehead atoms. The topological polar surface area (TPSA) is 110 Å². The van der Waals surface area contributed by atoms with Gasteiger partial charge in [-0.3, -0.25) is 13.9 Å². The van der Waals surface area contributed by atoms with Crippen molar-refractivity contribution < 1.29 is 18.0 Å². The number of carbonyl (C=O) groups is 2. The highest BCUT2D eigenvalue weighted by Gasteiger charge is 2.26. The van der Waals surface area contributed by atoms with Crippen LogP contribution in [0.5, 0.6) is 0 Å². The van der Waals surface area contributed by atoms with Gasteiger partial charge in [0.25, 0.3) is 15.9 Å². The van der Waals surface area contributed by atoms with E-state index < -0.39 is 21.8 Å². The summed E-state index contributed by atoms with van der Waals surface area (Å²) >= 11 is 0. The minimum Gasteiger partial charge on any atom is -0.366 e. The van der Waals surface area contributed by atoms with Gasteiger partial charge in [-0.25, -0.2) is 8.42 Å². The Balaban J connectivity index is 1.92. The van der Waals surface area contributed by atoms with Crippen LogP contribution < -0.4 is 15.4 Å². The number of hydrogen-bond acceptors (Lipinski definition) is 4. The first kappa shape index (κ1) is 20.1. The van der Waals surface area contributed by atoms with E-state index in [4.69, 9.17) is 5.73 Å². The largest absolute Gasteiger partial charge is 0.366 e. The zero-order valence-corrected chi connectivity index (χ0v) is 16.4. The fourth-order valence-electron chi connectivity index (χ4n) is 2.72. The summed E-state index contributed by atoms with van der Waals surface area (Å²) in [4.78, 5) is 23.8. The Hall–Kier alpha value is -3.65. The number of primary amides is 1. The Morgan fingerprint density at radius 3 is 2.07 bits per heavy atom. The predicted octanol–water partition coefficient (Wildman–Crippen LogP) is 2.86. The van der Waals surface area contributed by atoms with E-state index in [0.717, 1.165) is 4.31 Å². The fourth-order valence-corrected chi connectivity index (χ4v) is 4.10.